The van der Waals surface area contributed by atoms with Crippen molar-refractivity contribution < 1.29 is 8.42 Å². The number of sulfonamides is 1. The minimum absolute atomic E-state index is 0. The number of hydrogen-bond acceptors (Lipinski definition) is 5. The summed E-state index contributed by atoms with van der Waals surface area (Å²) in [6, 6.07) is 7.46. The van der Waals surface area contributed by atoms with Gasteiger partial charge in [0.2, 0.25) is 10.0 Å². The second-order valence-corrected chi connectivity index (χ2v) is 8.67. The van der Waals surface area contributed by atoms with Gasteiger partial charge in [-0.05, 0) is 25.1 Å². The molecular formula is C16H24IN5O2S2. The third kappa shape index (κ3) is 7.56. The van der Waals surface area contributed by atoms with Crippen molar-refractivity contribution in [1.29, 1.82) is 0 Å². The molecule has 0 unspecified atom stereocenters. The Morgan fingerprint density at radius 3 is 2.31 bits per heavy atom. The summed E-state index contributed by atoms with van der Waals surface area (Å²) in [6.07, 6.45) is 1.85. The SMILES string of the molecule is CN=C(NCc1ccc(CS(=O)(=O)NC)cc1)NCc1ncc(C)s1.I. The van der Waals surface area contributed by atoms with E-state index in [0.717, 1.165) is 16.1 Å². The predicted octanol–water partition coefficient (Wildman–Crippen LogP) is 1.98. The Morgan fingerprint density at radius 1 is 1.15 bits per heavy atom. The Kier molecular flexibility index (Phi) is 9.47. The first kappa shape index (κ1) is 22.8. The highest BCUT2D eigenvalue weighted by Gasteiger charge is 2.08. The van der Waals surface area contributed by atoms with Crippen LogP contribution in [0.15, 0.2) is 35.5 Å². The molecule has 26 heavy (non-hydrogen) atoms. The molecule has 1 heterocycles. The number of hydrogen-bond donors (Lipinski definition) is 3. The quantitative estimate of drug-likeness (QED) is 0.302. The number of aromatic nitrogens is 1. The maximum Gasteiger partial charge on any atom is 0.215 e. The Labute approximate surface area is 175 Å². The summed E-state index contributed by atoms with van der Waals surface area (Å²) >= 11 is 1.65. The maximum absolute atomic E-state index is 11.5. The van der Waals surface area contributed by atoms with Gasteiger partial charge in [0.15, 0.2) is 5.96 Å². The number of benzene rings is 1. The highest BCUT2D eigenvalue weighted by atomic mass is 127. The average Bonchev–Trinajstić information content (AvgIpc) is 3.01. The number of thiazole rings is 1. The van der Waals surface area contributed by atoms with E-state index in [2.05, 4.69) is 25.3 Å². The fourth-order valence-electron chi connectivity index (χ4n) is 2.09. The van der Waals surface area contributed by atoms with Crippen molar-refractivity contribution in [2.45, 2.75) is 25.8 Å². The lowest BCUT2D eigenvalue weighted by molar-refractivity contribution is 0.587. The molecule has 0 amide bonds. The summed E-state index contributed by atoms with van der Waals surface area (Å²) in [7, 11) is -0.114. The van der Waals surface area contributed by atoms with Crippen LogP contribution in [0.25, 0.3) is 0 Å². The van der Waals surface area contributed by atoms with Gasteiger partial charge in [-0.3, -0.25) is 4.99 Å². The van der Waals surface area contributed by atoms with Crippen LogP contribution < -0.4 is 15.4 Å². The van der Waals surface area contributed by atoms with Gasteiger partial charge in [0, 0.05) is 24.7 Å². The van der Waals surface area contributed by atoms with Crippen molar-refractivity contribution in [3.05, 3.63) is 51.5 Å². The average molecular weight is 509 g/mol. The molecule has 0 radical (unpaired) electrons. The van der Waals surface area contributed by atoms with E-state index in [4.69, 9.17) is 0 Å². The molecular weight excluding hydrogens is 485 g/mol. The van der Waals surface area contributed by atoms with Crippen molar-refractivity contribution in [3.8, 4) is 0 Å². The van der Waals surface area contributed by atoms with Gasteiger partial charge in [-0.2, -0.15) is 0 Å². The molecule has 3 N–H and O–H groups in total. The van der Waals surface area contributed by atoms with Gasteiger partial charge in [-0.1, -0.05) is 24.3 Å². The van der Waals surface area contributed by atoms with Gasteiger partial charge in [0.05, 0.1) is 12.3 Å². The van der Waals surface area contributed by atoms with E-state index in [1.54, 1.807) is 18.4 Å². The Balaban J connectivity index is 0.00000338. The molecule has 0 aliphatic rings. The lowest BCUT2D eigenvalue weighted by Gasteiger charge is -2.11. The highest BCUT2D eigenvalue weighted by Crippen LogP contribution is 2.10. The van der Waals surface area contributed by atoms with E-state index in [0.29, 0.717) is 19.0 Å². The number of aryl methyl sites for hydroxylation is 1. The Morgan fingerprint density at radius 2 is 1.77 bits per heavy atom. The van der Waals surface area contributed by atoms with Crippen molar-refractivity contribution >= 4 is 51.3 Å². The molecule has 0 atom stereocenters. The van der Waals surface area contributed by atoms with Crippen molar-refractivity contribution in [1.82, 2.24) is 20.3 Å². The second-order valence-electron chi connectivity index (χ2n) is 5.42. The van der Waals surface area contributed by atoms with Crippen LogP contribution in [0.5, 0.6) is 0 Å². The summed E-state index contributed by atoms with van der Waals surface area (Å²) < 4.78 is 25.4. The first-order valence-corrected chi connectivity index (χ1v) is 10.2. The first-order valence-electron chi connectivity index (χ1n) is 7.76. The monoisotopic (exact) mass is 509 g/mol. The van der Waals surface area contributed by atoms with E-state index >= 15 is 0 Å². The number of halogens is 1. The van der Waals surface area contributed by atoms with Crippen LogP contribution in [-0.2, 0) is 28.9 Å². The highest BCUT2D eigenvalue weighted by molar-refractivity contribution is 14.0. The van der Waals surface area contributed by atoms with E-state index in [-0.39, 0.29) is 29.7 Å². The fourth-order valence-corrected chi connectivity index (χ4v) is 3.60. The Hall–Kier alpha value is -1.24. The van der Waals surface area contributed by atoms with Crippen LogP contribution >= 0.6 is 35.3 Å². The molecule has 144 valence electrons. The van der Waals surface area contributed by atoms with Crippen LogP contribution in [0.2, 0.25) is 0 Å². The summed E-state index contributed by atoms with van der Waals surface area (Å²) in [4.78, 5) is 9.67. The predicted molar refractivity (Wildman–Crippen MR) is 117 cm³/mol. The molecule has 0 saturated carbocycles. The minimum atomic E-state index is -3.25. The summed E-state index contributed by atoms with van der Waals surface area (Å²) in [6.45, 7) is 3.24. The lowest BCUT2D eigenvalue weighted by atomic mass is 10.1. The zero-order chi connectivity index (χ0) is 18.3. The largest absolute Gasteiger partial charge is 0.352 e. The summed E-state index contributed by atoms with van der Waals surface area (Å²) in [5, 5.41) is 7.46. The number of rotatable bonds is 7. The second kappa shape index (κ2) is 10.8. The third-order valence-corrected chi connectivity index (χ3v) is 5.70. The van der Waals surface area contributed by atoms with Gasteiger partial charge in [-0.15, -0.1) is 35.3 Å². The Bertz CT molecular complexity index is 819. The lowest BCUT2D eigenvalue weighted by Crippen LogP contribution is -2.36. The van der Waals surface area contributed by atoms with Crippen LogP contribution in [0.3, 0.4) is 0 Å². The normalized spacial score (nSPS) is 11.7. The number of nitrogens with zero attached hydrogens (tertiary/aromatic N) is 2. The topological polar surface area (TPSA) is 95.5 Å². The van der Waals surface area contributed by atoms with Gasteiger partial charge >= 0.3 is 0 Å². The van der Waals surface area contributed by atoms with E-state index in [1.807, 2.05) is 37.4 Å². The minimum Gasteiger partial charge on any atom is -0.352 e. The van der Waals surface area contributed by atoms with Gasteiger partial charge in [0.25, 0.3) is 0 Å². The number of guanidine groups is 1. The molecule has 2 aromatic rings. The summed E-state index contributed by atoms with van der Waals surface area (Å²) in [5.41, 5.74) is 1.79. The van der Waals surface area contributed by atoms with Crippen molar-refractivity contribution in [2.75, 3.05) is 14.1 Å². The molecule has 2 rings (SSSR count). The molecule has 1 aromatic carbocycles. The number of aliphatic imine (C=N–C) groups is 1. The molecule has 0 aliphatic heterocycles. The smallest absolute Gasteiger partial charge is 0.215 e. The van der Waals surface area contributed by atoms with E-state index < -0.39 is 10.0 Å². The zero-order valence-electron chi connectivity index (χ0n) is 14.9. The van der Waals surface area contributed by atoms with Gasteiger partial charge in [-0.25, -0.2) is 18.1 Å². The van der Waals surface area contributed by atoms with Crippen molar-refractivity contribution in [2.24, 2.45) is 4.99 Å². The van der Waals surface area contributed by atoms with Crippen LogP contribution in [0, 0.1) is 6.92 Å². The van der Waals surface area contributed by atoms with Crippen LogP contribution in [0.4, 0.5) is 0 Å². The molecule has 7 nitrogen and oxygen atoms in total. The molecule has 0 saturated heterocycles. The molecule has 0 aliphatic carbocycles. The van der Waals surface area contributed by atoms with E-state index in [9.17, 15) is 8.42 Å². The molecule has 1 aromatic heterocycles. The van der Waals surface area contributed by atoms with Crippen LogP contribution in [-0.4, -0.2) is 33.5 Å². The maximum atomic E-state index is 11.5. The number of nitrogens with one attached hydrogen (secondary N) is 3. The molecule has 10 heteroatoms. The summed E-state index contributed by atoms with van der Waals surface area (Å²) in [5.74, 6) is 0.669. The van der Waals surface area contributed by atoms with Gasteiger partial charge in [0.1, 0.15) is 5.01 Å². The zero-order valence-corrected chi connectivity index (χ0v) is 18.9. The first-order chi connectivity index (χ1) is 11.9. The van der Waals surface area contributed by atoms with Gasteiger partial charge < -0.3 is 10.6 Å². The van der Waals surface area contributed by atoms with E-state index in [1.165, 1.54) is 11.9 Å². The van der Waals surface area contributed by atoms with Crippen LogP contribution in [0.1, 0.15) is 21.0 Å². The molecule has 0 fully saturated rings. The fraction of sp³-hybridized carbons (Fsp3) is 0.375. The van der Waals surface area contributed by atoms with Crippen molar-refractivity contribution in [3.63, 3.8) is 0 Å². The standard InChI is InChI=1S/C16H23N5O2S2.HI/c1-12-8-19-15(24-12)10-21-16(17-2)20-9-13-4-6-14(7-5-13)11-25(22,23)18-3;/h4-8,18H,9-11H2,1-3H3,(H2,17,20,21);1H. The third-order valence-electron chi connectivity index (χ3n) is 3.45. The molecule has 0 bridgehead atoms. The molecule has 0 spiro atoms.